The predicted molar refractivity (Wildman–Crippen MR) is 77.9 cm³/mol. The third-order valence-corrected chi connectivity index (χ3v) is 3.88. The summed E-state index contributed by atoms with van der Waals surface area (Å²) < 4.78 is 0. The molecule has 0 aliphatic rings. The highest BCUT2D eigenvalue weighted by Crippen LogP contribution is 2.24. The SMILES string of the molecule is CCN(Cc1cccs1)C(=O)c1ccc(Cl)cc1O. The van der Waals surface area contributed by atoms with Crippen LogP contribution in [-0.2, 0) is 6.54 Å². The Kier molecular flexibility index (Phi) is 4.45. The number of amides is 1. The third-order valence-electron chi connectivity index (χ3n) is 2.79. The molecule has 0 radical (unpaired) electrons. The lowest BCUT2D eigenvalue weighted by atomic mass is 10.1. The van der Waals surface area contributed by atoms with Gasteiger partial charge >= 0.3 is 0 Å². The average molecular weight is 296 g/mol. The number of phenols is 1. The first-order valence-electron chi connectivity index (χ1n) is 5.92. The topological polar surface area (TPSA) is 40.5 Å². The number of phenolic OH excluding ortho intramolecular Hbond substituents is 1. The molecule has 3 nitrogen and oxygen atoms in total. The molecule has 1 N–H and O–H groups in total. The lowest BCUT2D eigenvalue weighted by Gasteiger charge is -2.20. The monoisotopic (exact) mass is 295 g/mol. The van der Waals surface area contributed by atoms with Crippen LogP contribution in [0.15, 0.2) is 35.7 Å². The van der Waals surface area contributed by atoms with Crippen LogP contribution in [0.3, 0.4) is 0 Å². The molecule has 1 amide bonds. The highest BCUT2D eigenvalue weighted by molar-refractivity contribution is 7.09. The molecule has 0 atom stereocenters. The quantitative estimate of drug-likeness (QED) is 0.933. The van der Waals surface area contributed by atoms with Crippen molar-refractivity contribution in [2.24, 2.45) is 0 Å². The van der Waals surface area contributed by atoms with Crippen LogP contribution in [0.1, 0.15) is 22.2 Å². The Morgan fingerprint density at radius 2 is 2.21 bits per heavy atom. The minimum Gasteiger partial charge on any atom is -0.507 e. The van der Waals surface area contributed by atoms with Gasteiger partial charge in [0.05, 0.1) is 12.1 Å². The summed E-state index contributed by atoms with van der Waals surface area (Å²) in [4.78, 5) is 15.2. The summed E-state index contributed by atoms with van der Waals surface area (Å²) in [5, 5.41) is 12.2. The maximum atomic E-state index is 12.4. The minimum absolute atomic E-state index is 0.0814. The van der Waals surface area contributed by atoms with E-state index in [2.05, 4.69) is 0 Å². The van der Waals surface area contributed by atoms with Gasteiger partial charge in [0.25, 0.3) is 5.91 Å². The molecule has 2 rings (SSSR count). The van der Waals surface area contributed by atoms with Crippen LogP contribution < -0.4 is 0 Å². The van der Waals surface area contributed by atoms with E-state index in [4.69, 9.17) is 11.6 Å². The molecule has 0 aliphatic carbocycles. The summed E-state index contributed by atoms with van der Waals surface area (Å²) in [5.41, 5.74) is 0.280. The smallest absolute Gasteiger partial charge is 0.257 e. The number of rotatable bonds is 4. The maximum Gasteiger partial charge on any atom is 0.257 e. The zero-order chi connectivity index (χ0) is 13.8. The van der Waals surface area contributed by atoms with Gasteiger partial charge in [-0.3, -0.25) is 4.79 Å². The van der Waals surface area contributed by atoms with Crippen molar-refractivity contribution in [3.63, 3.8) is 0 Å². The molecule has 1 heterocycles. The van der Waals surface area contributed by atoms with Crippen LogP contribution in [0.5, 0.6) is 5.75 Å². The van der Waals surface area contributed by atoms with Crippen molar-refractivity contribution >= 4 is 28.8 Å². The molecule has 5 heteroatoms. The lowest BCUT2D eigenvalue weighted by molar-refractivity contribution is 0.0751. The van der Waals surface area contributed by atoms with Crippen LogP contribution >= 0.6 is 22.9 Å². The summed E-state index contributed by atoms with van der Waals surface area (Å²) >= 11 is 7.38. The van der Waals surface area contributed by atoms with Gasteiger partial charge in [-0.2, -0.15) is 0 Å². The van der Waals surface area contributed by atoms with Crippen molar-refractivity contribution in [1.82, 2.24) is 4.90 Å². The van der Waals surface area contributed by atoms with Crippen molar-refractivity contribution in [3.8, 4) is 5.75 Å². The van der Waals surface area contributed by atoms with Gasteiger partial charge in [0.15, 0.2) is 0 Å². The second kappa shape index (κ2) is 6.08. The maximum absolute atomic E-state index is 12.4. The molecule has 0 spiro atoms. The highest BCUT2D eigenvalue weighted by Gasteiger charge is 2.18. The molecule has 0 aliphatic heterocycles. The standard InChI is InChI=1S/C14H14ClNO2S/c1-2-16(9-11-4-3-7-19-11)14(18)12-6-5-10(15)8-13(12)17/h3-8,17H,2,9H2,1H3. The Bertz CT molecular complexity index is 569. The Labute approximate surface area is 121 Å². The number of carbonyl (C=O) groups excluding carboxylic acids is 1. The summed E-state index contributed by atoms with van der Waals surface area (Å²) in [6.45, 7) is 3.05. The highest BCUT2D eigenvalue weighted by atomic mass is 35.5. The summed E-state index contributed by atoms with van der Waals surface area (Å²) in [5.74, 6) is -0.271. The fourth-order valence-corrected chi connectivity index (χ4v) is 2.66. The zero-order valence-electron chi connectivity index (χ0n) is 10.5. The van der Waals surface area contributed by atoms with Crippen LogP contribution in [0, 0.1) is 0 Å². The van der Waals surface area contributed by atoms with E-state index >= 15 is 0 Å². The number of nitrogens with zero attached hydrogens (tertiary/aromatic N) is 1. The van der Waals surface area contributed by atoms with E-state index in [-0.39, 0.29) is 17.2 Å². The molecule has 0 saturated carbocycles. The molecular weight excluding hydrogens is 282 g/mol. The van der Waals surface area contributed by atoms with Gasteiger partial charge in [0.2, 0.25) is 0 Å². The van der Waals surface area contributed by atoms with Gasteiger partial charge in [0, 0.05) is 16.4 Å². The molecular formula is C14H14ClNO2S. The van der Waals surface area contributed by atoms with E-state index in [0.717, 1.165) is 4.88 Å². The predicted octanol–water partition coefficient (Wildman–Crippen LogP) is 3.77. The fourth-order valence-electron chi connectivity index (χ4n) is 1.77. The van der Waals surface area contributed by atoms with E-state index in [1.165, 1.54) is 6.07 Å². The van der Waals surface area contributed by atoms with Crippen LogP contribution in [0.25, 0.3) is 0 Å². The van der Waals surface area contributed by atoms with E-state index in [1.807, 2.05) is 24.4 Å². The summed E-state index contributed by atoms with van der Waals surface area (Å²) in [6.07, 6.45) is 0. The normalized spacial score (nSPS) is 10.4. The van der Waals surface area contributed by atoms with E-state index in [1.54, 1.807) is 28.4 Å². The van der Waals surface area contributed by atoms with Gasteiger partial charge in [-0.05, 0) is 36.6 Å². The molecule has 19 heavy (non-hydrogen) atoms. The molecule has 0 bridgehead atoms. The van der Waals surface area contributed by atoms with Crippen molar-refractivity contribution in [2.45, 2.75) is 13.5 Å². The average Bonchev–Trinajstić information content (AvgIpc) is 2.88. The Hall–Kier alpha value is -1.52. The summed E-state index contributed by atoms with van der Waals surface area (Å²) in [6, 6.07) is 8.48. The third kappa shape index (κ3) is 3.28. The minimum atomic E-state index is -0.190. The molecule has 2 aromatic rings. The number of benzene rings is 1. The first kappa shape index (κ1) is 13.9. The fraction of sp³-hybridized carbons (Fsp3) is 0.214. The second-order valence-corrected chi connectivity index (χ2v) is 5.53. The van der Waals surface area contributed by atoms with E-state index in [0.29, 0.717) is 18.1 Å². The Morgan fingerprint density at radius 3 is 2.79 bits per heavy atom. The first-order valence-corrected chi connectivity index (χ1v) is 7.17. The second-order valence-electron chi connectivity index (χ2n) is 4.06. The van der Waals surface area contributed by atoms with E-state index in [9.17, 15) is 9.90 Å². The van der Waals surface area contributed by atoms with Crippen LogP contribution in [0.2, 0.25) is 5.02 Å². The van der Waals surface area contributed by atoms with Crippen molar-refractivity contribution in [1.29, 1.82) is 0 Å². The number of halogens is 1. The first-order chi connectivity index (χ1) is 9.11. The number of carbonyl (C=O) groups is 1. The molecule has 1 aromatic carbocycles. The van der Waals surface area contributed by atoms with Gasteiger partial charge in [-0.15, -0.1) is 11.3 Å². The number of aromatic hydroxyl groups is 1. The van der Waals surface area contributed by atoms with Gasteiger partial charge in [-0.1, -0.05) is 17.7 Å². The Morgan fingerprint density at radius 1 is 1.42 bits per heavy atom. The Balaban J connectivity index is 2.20. The molecule has 1 aromatic heterocycles. The number of hydrogen-bond donors (Lipinski definition) is 1. The molecule has 100 valence electrons. The van der Waals surface area contributed by atoms with Crippen LogP contribution in [0.4, 0.5) is 0 Å². The van der Waals surface area contributed by atoms with Gasteiger partial charge < -0.3 is 10.0 Å². The van der Waals surface area contributed by atoms with Crippen molar-refractivity contribution in [2.75, 3.05) is 6.54 Å². The van der Waals surface area contributed by atoms with Gasteiger partial charge in [0.1, 0.15) is 5.75 Å². The van der Waals surface area contributed by atoms with Crippen molar-refractivity contribution in [3.05, 3.63) is 51.2 Å². The number of thiophene rings is 1. The summed E-state index contributed by atoms with van der Waals surface area (Å²) in [7, 11) is 0. The largest absolute Gasteiger partial charge is 0.507 e. The van der Waals surface area contributed by atoms with E-state index < -0.39 is 0 Å². The zero-order valence-corrected chi connectivity index (χ0v) is 12.0. The molecule has 0 unspecified atom stereocenters. The molecule has 0 saturated heterocycles. The van der Waals surface area contributed by atoms with Crippen molar-refractivity contribution < 1.29 is 9.90 Å². The van der Waals surface area contributed by atoms with Gasteiger partial charge in [-0.25, -0.2) is 0 Å². The lowest BCUT2D eigenvalue weighted by Crippen LogP contribution is -2.30. The molecule has 0 fully saturated rings. The van der Waals surface area contributed by atoms with Crippen LogP contribution in [-0.4, -0.2) is 22.5 Å². The number of hydrogen-bond acceptors (Lipinski definition) is 3.